The number of benzene rings is 1. The fourth-order valence-electron chi connectivity index (χ4n) is 2.78. The smallest absolute Gasteiger partial charge is 0.408 e. The Labute approximate surface area is 209 Å². The molecule has 0 saturated carbocycles. The first kappa shape index (κ1) is 29.8. The van der Waals surface area contributed by atoms with Crippen molar-refractivity contribution in [2.45, 2.75) is 51.3 Å². The van der Waals surface area contributed by atoms with Crippen molar-refractivity contribution in [3.8, 4) is 0 Å². The zero-order chi connectivity index (χ0) is 26.4. The second kappa shape index (κ2) is 14.9. The molecule has 4 amide bonds. The number of carbonyl (C=O) groups excluding carboxylic acids is 4. The lowest BCUT2D eigenvalue weighted by molar-refractivity contribution is -0.142. The molecule has 0 fully saturated rings. The number of thioether (sulfide) groups is 1. The van der Waals surface area contributed by atoms with E-state index in [0.717, 1.165) is 5.56 Å². The zero-order valence-corrected chi connectivity index (χ0v) is 21.2. The van der Waals surface area contributed by atoms with E-state index in [-0.39, 0.29) is 12.8 Å². The summed E-state index contributed by atoms with van der Waals surface area (Å²) < 4.78 is 5.03. The van der Waals surface area contributed by atoms with Crippen LogP contribution < -0.4 is 21.3 Å². The summed E-state index contributed by atoms with van der Waals surface area (Å²) in [7, 11) is 0. The van der Waals surface area contributed by atoms with Crippen LogP contribution in [0.3, 0.4) is 0 Å². The van der Waals surface area contributed by atoms with E-state index in [1.54, 1.807) is 51.1 Å². The normalized spacial score (nSPS) is 12.6. The van der Waals surface area contributed by atoms with Gasteiger partial charge in [0, 0.05) is 6.42 Å². The Morgan fingerprint density at radius 2 is 1.57 bits per heavy atom. The lowest BCUT2D eigenvalue weighted by Crippen LogP contribution is -2.54. The molecular weight excluding hydrogens is 476 g/mol. The largest absolute Gasteiger partial charge is 0.480 e. The number of alkyl carbamates (subject to hydrolysis) is 1. The van der Waals surface area contributed by atoms with Gasteiger partial charge in [0.15, 0.2) is 0 Å². The molecule has 194 valence electrons. The van der Waals surface area contributed by atoms with Crippen molar-refractivity contribution >= 4 is 41.5 Å². The van der Waals surface area contributed by atoms with E-state index < -0.39 is 60.6 Å². The third kappa shape index (κ3) is 13.3. The van der Waals surface area contributed by atoms with Gasteiger partial charge in [-0.05, 0) is 44.8 Å². The Balaban J connectivity index is 2.70. The molecule has 1 aromatic rings. The number of aliphatic carboxylic acids is 1. The number of rotatable bonds is 13. The summed E-state index contributed by atoms with van der Waals surface area (Å²) in [4.78, 5) is 60.3. The number of hydrogen-bond donors (Lipinski definition) is 5. The van der Waals surface area contributed by atoms with E-state index in [4.69, 9.17) is 4.74 Å². The fraction of sp³-hybridized carbons (Fsp3) is 0.522. The summed E-state index contributed by atoms with van der Waals surface area (Å²) in [5.41, 5.74) is 0.0404. The predicted molar refractivity (Wildman–Crippen MR) is 132 cm³/mol. The van der Waals surface area contributed by atoms with Crippen molar-refractivity contribution in [1.29, 1.82) is 0 Å². The minimum atomic E-state index is -1.16. The van der Waals surface area contributed by atoms with Gasteiger partial charge >= 0.3 is 12.1 Å². The van der Waals surface area contributed by atoms with Crippen LogP contribution in [0.5, 0.6) is 0 Å². The predicted octanol–water partition coefficient (Wildman–Crippen LogP) is 0.677. The maximum atomic E-state index is 12.8. The van der Waals surface area contributed by atoms with Gasteiger partial charge in [-0.3, -0.25) is 14.4 Å². The molecule has 0 saturated heterocycles. The molecule has 12 heteroatoms. The molecule has 35 heavy (non-hydrogen) atoms. The first-order valence-electron chi connectivity index (χ1n) is 11.0. The number of hydrogen-bond acceptors (Lipinski definition) is 7. The molecular formula is C23H34N4O7S. The molecule has 0 aliphatic carbocycles. The second-order valence-corrected chi connectivity index (χ2v) is 9.61. The number of amides is 4. The topological polar surface area (TPSA) is 163 Å². The molecule has 0 heterocycles. The highest BCUT2D eigenvalue weighted by atomic mass is 32.2. The third-order valence-electron chi connectivity index (χ3n) is 4.40. The molecule has 2 atom stereocenters. The first-order chi connectivity index (χ1) is 16.4. The van der Waals surface area contributed by atoms with E-state index in [9.17, 15) is 29.1 Å². The highest BCUT2D eigenvalue weighted by Crippen LogP contribution is 2.07. The molecule has 0 aliphatic rings. The van der Waals surface area contributed by atoms with Gasteiger partial charge in [0.05, 0.1) is 6.54 Å². The first-order valence-corrected chi connectivity index (χ1v) is 12.4. The third-order valence-corrected chi connectivity index (χ3v) is 5.04. The van der Waals surface area contributed by atoms with Crippen molar-refractivity contribution < 1.29 is 33.8 Å². The van der Waals surface area contributed by atoms with Crippen LogP contribution in [0.1, 0.15) is 32.8 Å². The van der Waals surface area contributed by atoms with E-state index in [1.807, 2.05) is 6.26 Å². The Morgan fingerprint density at radius 3 is 2.14 bits per heavy atom. The van der Waals surface area contributed by atoms with Gasteiger partial charge < -0.3 is 31.1 Å². The molecule has 0 unspecified atom stereocenters. The molecule has 11 nitrogen and oxygen atoms in total. The van der Waals surface area contributed by atoms with Crippen molar-refractivity contribution in [3.05, 3.63) is 35.9 Å². The van der Waals surface area contributed by atoms with Gasteiger partial charge in [0.1, 0.15) is 24.2 Å². The molecule has 0 bridgehead atoms. The van der Waals surface area contributed by atoms with Crippen molar-refractivity contribution in [2.75, 3.05) is 25.1 Å². The Kier molecular flexibility index (Phi) is 12.6. The second-order valence-electron chi connectivity index (χ2n) is 8.62. The summed E-state index contributed by atoms with van der Waals surface area (Å²) in [6.07, 6.45) is 1.42. The molecule has 0 aromatic heterocycles. The van der Waals surface area contributed by atoms with Crippen molar-refractivity contribution in [3.63, 3.8) is 0 Å². The molecule has 1 aromatic carbocycles. The summed E-state index contributed by atoms with van der Waals surface area (Å²) in [5.74, 6) is -2.55. The number of carbonyl (C=O) groups is 5. The van der Waals surface area contributed by atoms with Gasteiger partial charge in [-0.25, -0.2) is 9.59 Å². The van der Waals surface area contributed by atoms with Gasteiger partial charge in [0.2, 0.25) is 17.7 Å². The van der Waals surface area contributed by atoms with E-state index in [2.05, 4.69) is 21.3 Å². The van der Waals surface area contributed by atoms with Crippen molar-refractivity contribution in [2.24, 2.45) is 0 Å². The monoisotopic (exact) mass is 510 g/mol. The highest BCUT2D eigenvalue weighted by Gasteiger charge is 2.26. The number of carboxylic acids is 1. The van der Waals surface area contributed by atoms with Gasteiger partial charge in [-0.1, -0.05) is 30.3 Å². The van der Waals surface area contributed by atoms with E-state index >= 15 is 0 Å². The van der Waals surface area contributed by atoms with Crippen LogP contribution in [-0.2, 0) is 30.3 Å². The van der Waals surface area contributed by atoms with Gasteiger partial charge in [-0.2, -0.15) is 11.8 Å². The molecule has 0 aliphatic heterocycles. The summed E-state index contributed by atoms with van der Waals surface area (Å²) in [6, 6.07) is 6.77. The maximum Gasteiger partial charge on any atom is 0.408 e. The lowest BCUT2D eigenvalue weighted by Gasteiger charge is -2.22. The van der Waals surface area contributed by atoms with Crippen LogP contribution in [0, 0.1) is 0 Å². The van der Waals surface area contributed by atoms with Crippen LogP contribution in [0.2, 0.25) is 0 Å². The maximum absolute atomic E-state index is 12.8. The van der Waals surface area contributed by atoms with Crippen LogP contribution in [0.25, 0.3) is 0 Å². The number of carboxylic acid groups (broad SMARTS) is 1. The molecule has 0 radical (unpaired) electrons. The van der Waals surface area contributed by atoms with Gasteiger partial charge in [-0.15, -0.1) is 0 Å². The standard InChI is InChI=1S/C23H34N4O7S/c1-23(2,3)34-22(33)25-13-18(28)24-14-19(29)26-17(12-15-8-6-5-7-9-15)20(30)27-16(21(31)32)10-11-35-4/h5-9,16-17H,10-14H2,1-4H3,(H,24,28)(H,25,33)(H,26,29)(H,27,30)(H,31,32)/t16-,17+/m1/s1. The van der Waals surface area contributed by atoms with Crippen LogP contribution in [0.15, 0.2) is 30.3 Å². The molecule has 0 spiro atoms. The van der Waals surface area contributed by atoms with Crippen molar-refractivity contribution in [1.82, 2.24) is 21.3 Å². The number of nitrogens with one attached hydrogen (secondary N) is 4. The van der Waals surface area contributed by atoms with Crippen LogP contribution in [0.4, 0.5) is 4.79 Å². The lowest BCUT2D eigenvalue weighted by atomic mass is 10.0. The van der Waals surface area contributed by atoms with Crippen LogP contribution >= 0.6 is 11.8 Å². The Morgan fingerprint density at radius 1 is 0.943 bits per heavy atom. The highest BCUT2D eigenvalue weighted by molar-refractivity contribution is 7.98. The SMILES string of the molecule is CSCC[C@@H](NC(=O)[C@H](Cc1ccccc1)NC(=O)CNC(=O)CNC(=O)OC(C)(C)C)C(=O)O. The van der Waals surface area contributed by atoms with E-state index in [1.165, 1.54) is 11.8 Å². The molecule has 5 N–H and O–H groups in total. The summed E-state index contributed by atoms with van der Waals surface area (Å²) in [6.45, 7) is 4.20. The Bertz CT molecular complexity index is 874. The fourth-order valence-corrected chi connectivity index (χ4v) is 3.25. The minimum absolute atomic E-state index is 0.126. The molecule has 1 rings (SSSR count). The average Bonchev–Trinajstić information content (AvgIpc) is 2.77. The summed E-state index contributed by atoms with van der Waals surface area (Å²) >= 11 is 1.45. The zero-order valence-electron chi connectivity index (χ0n) is 20.4. The van der Waals surface area contributed by atoms with E-state index in [0.29, 0.717) is 5.75 Å². The summed E-state index contributed by atoms with van der Waals surface area (Å²) in [5, 5.41) is 19.0. The Hall–Kier alpha value is -3.28. The van der Waals surface area contributed by atoms with Crippen LogP contribution in [-0.4, -0.2) is 77.7 Å². The average molecular weight is 511 g/mol. The quantitative estimate of drug-likeness (QED) is 0.259. The number of ether oxygens (including phenoxy) is 1. The minimum Gasteiger partial charge on any atom is -0.480 e. The van der Waals surface area contributed by atoms with Gasteiger partial charge in [0.25, 0.3) is 0 Å².